The Morgan fingerprint density at radius 3 is 1.30 bits per heavy atom. The van der Waals surface area contributed by atoms with E-state index >= 15 is 0 Å². The van der Waals surface area contributed by atoms with Crippen LogP contribution in [0.15, 0.2) is 0 Å². The molecule has 0 aliphatic heterocycles. The fourth-order valence-electron chi connectivity index (χ4n) is 1.74. The first-order valence-corrected chi connectivity index (χ1v) is 15.5. The Balaban J connectivity index is 5.74. The van der Waals surface area contributed by atoms with Crippen molar-refractivity contribution in [1.82, 2.24) is 0 Å². The second kappa shape index (κ2) is 10.7. The average Bonchev–Trinajstić information content (AvgIpc) is 2.56. The van der Waals surface area contributed by atoms with Gasteiger partial charge in [-0.15, -0.1) is 11.1 Å². The zero-order chi connectivity index (χ0) is 21.1. The molecule has 0 spiro atoms. The summed E-state index contributed by atoms with van der Waals surface area (Å²) < 4.78 is 9.66. The van der Waals surface area contributed by atoms with Crippen LogP contribution in [0, 0.1) is 52.0 Å². The van der Waals surface area contributed by atoms with Crippen LogP contribution in [0.5, 0.6) is 0 Å². The molecule has 4 nitrogen and oxygen atoms in total. The zero-order valence-electron chi connectivity index (χ0n) is 17.5. The maximum absolute atomic E-state index is 12.4. The van der Waals surface area contributed by atoms with Crippen molar-refractivity contribution in [3.63, 3.8) is 0 Å². The van der Waals surface area contributed by atoms with Gasteiger partial charge < -0.3 is 9.47 Å². The topological polar surface area (TPSA) is 52.6 Å². The summed E-state index contributed by atoms with van der Waals surface area (Å²) in [6.45, 7) is 12.6. The lowest BCUT2D eigenvalue weighted by Crippen LogP contribution is -2.40. The molecule has 0 N–H and O–H groups in total. The quantitative estimate of drug-likeness (QED) is 0.315. The lowest BCUT2D eigenvalue weighted by molar-refractivity contribution is -0.168. The minimum absolute atomic E-state index is 0.0805. The van der Waals surface area contributed by atoms with E-state index in [1.54, 1.807) is 0 Å². The van der Waals surface area contributed by atoms with Gasteiger partial charge in [-0.2, -0.15) is 0 Å². The minimum Gasteiger partial charge on any atom is -0.468 e. The third kappa shape index (κ3) is 9.76. The Morgan fingerprint density at radius 1 is 0.704 bits per heavy atom. The Hall–Kier alpha value is -2.39. The summed E-state index contributed by atoms with van der Waals surface area (Å²) in [6.07, 6.45) is -0.161. The summed E-state index contributed by atoms with van der Waals surface area (Å²) in [4.78, 5) is 24.7. The number of hydrogen-bond donors (Lipinski definition) is 0. The van der Waals surface area contributed by atoms with E-state index in [0.29, 0.717) is 0 Å². The molecular formula is C21H28O4Si2. The molecule has 0 amide bonds. The highest BCUT2D eigenvalue weighted by Gasteiger charge is 2.47. The Kier molecular flexibility index (Phi) is 9.74. The lowest BCUT2D eigenvalue weighted by Gasteiger charge is -2.23. The second-order valence-corrected chi connectivity index (χ2v) is 17.5. The molecule has 0 unspecified atom stereocenters. The molecule has 0 aromatic heterocycles. The number of esters is 2. The van der Waals surface area contributed by atoms with Gasteiger partial charge in [0.25, 0.3) is 0 Å². The van der Waals surface area contributed by atoms with Gasteiger partial charge in [0.05, 0.1) is 14.2 Å². The van der Waals surface area contributed by atoms with E-state index in [4.69, 9.17) is 9.47 Å². The van der Waals surface area contributed by atoms with Gasteiger partial charge in [0.2, 0.25) is 0 Å². The molecular weight excluding hydrogens is 372 g/mol. The molecule has 0 aromatic carbocycles. The Labute approximate surface area is 165 Å². The van der Waals surface area contributed by atoms with Crippen LogP contribution in [0.25, 0.3) is 0 Å². The predicted octanol–water partition coefficient (Wildman–Crippen LogP) is 2.87. The zero-order valence-corrected chi connectivity index (χ0v) is 19.5. The maximum Gasteiger partial charge on any atom is 0.325 e. The highest BCUT2D eigenvalue weighted by Crippen LogP contribution is 2.29. The van der Waals surface area contributed by atoms with Crippen molar-refractivity contribution in [3.05, 3.63) is 0 Å². The number of rotatable bonds is 4. The molecule has 0 rings (SSSR count). The van der Waals surface area contributed by atoms with Crippen LogP contribution in [0.4, 0.5) is 0 Å². The van der Waals surface area contributed by atoms with E-state index in [1.807, 2.05) is 0 Å². The first kappa shape index (κ1) is 24.6. The van der Waals surface area contributed by atoms with Crippen LogP contribution < -0.4 is 0 Å². The maximum atomic E-state index is 12.4. The number of ether oxygens (including phenoxy) is 2. The van der Waals surface area contributed by atoms with E-state index < -0.39 is 33.5 Å². The van der Waals surface area contributed by atoms with Gasteiger partial charge in [-0.1, -0.05) is 51.1 Å². The molecule has 6 heteroatoms. The standard InChI is InChI=1S/C21H28O4Si2/c1-24-19(22)21(20(23)25-2,15-11-9-13-17-26(3,4)5)16-12-10-14-18-27(6,7)8/h15-16H2,1-8H3. The van der Waals surface area contributed by atoms with Crippen molar-refractivity contribution in [1.29, 1.82) is 0 Å². The minimum atomic E-state index is -1.61. The summed E-state index contributed by atoms with van der Waals surface area (Å²) in [5, 5.41) is 0. The summed E-state index contributed by atoms with van der Waals surface area (Å²) in [6, 6.07) is 0. The average molecular weight is 401 g/mol. The third-order valence-corrected chi connectivity index (χ3v) is 4.86. The first-order chi connectivity index (χ1) is 12.4. The summed E-state index contributed by atoms with van der Waals surface area (Å²) in [7, 11) is -0.636. The molecule has 0 bridgehead atoms. The third-order valence-electron chi connectivity index (χ3n) is 3.11. The number of hydrogen-bond acceptors (Lipinski definition) is 4. The van der Waals surface area contributed by atoms with E-state index in [1.165, 1.54) is 14.2 Å². The molecule has 0 aromatic rings. The summed E-state index contributed by atoms with van der Waals surface area (Å²) >= 11 is 0. The molecule has 0 saturated heterocycles. The molecule has 27 heavy (non-hydrogen) atoms. The van der Waals surface area contributed by atoms with Crippen molar-refractivity contribution in [2.45, 2.75) is 52.1 Å². The van der Waals surface area contributed by atoms with Gasteiger partial charge in [0.15, 0.2) is 5.41 Å². The van der Waals surface area contributed by atoms with Crippen molar-refractivity contribution in [2.75, 3.05) is 14.2 Å². The molecule has 0 radical (unpaired) electrons. The molecule has 0 saturated carbocycles. The van der Waals surface area contributed by atoms with Crippen LogP contribution in [0.1, 0.15) is 12.8 Å². The molecule has 0 atom stereocenters. The van der Waals surface area contributed by atoms with Crippen molar-refractivity contribution < 1.29 is 19.1 Å². The molecule has 0 aliphatic carbocycles. The Morgan fingerprint density at radius 2 is 1.04 bits per heavy atom. The Bertz CT molecular complexity index is 728. The van der Waals surface area contributed by atoms with E-state index in [2.05, 4.69) is 85.9 Å². The number of methoxy groups -OCH3 is 2. The van der Waals surface area contributed by atoms with Gasteiger partial charge >= 0.3 is 11.9 Å². The summed E-state index contributed by atoms with van der Waals surface area (Å²) in [5.41, 5.74) is 4.61. The normalized spacial score (nSPS) is 10.4. The van der Waals surface area contributed by atoms with Crippen molar-refractivity contribution >= 4 is 28.1 Å². The van der Waals surface area contributed by atoms with Crippen molar-refractivity contribution in [3.8, 4) is 46.6 Å². The van der Waals surface area contributed by atoms with Crippen LogP contribution in [0.3, 0.4) is 0 Å². The van der Waals surface area contributed by atoms with Gasteiger partial charge in [0.1, 0.15) is 16.1 Å². The number of carbonyl (C=O) groups is 2. The van der Waals surface area contributed by atoms with Crippen LogP contribution in [0.2, 0.25) is 39.3 Å². The van der Waals surface area contributed by atoms with E-state index in [0.717, 1.165) is 0 Å². The van der Waals surface area contributed by atoms with Crippen LogP contribution in [-0.4, -0.2) is 42.3 Å². The predicted molar refractivity (Wildman–Crippen MR) is 113 cm³/mol. The molecule has 144 valence electrons. The van der Waals surface area contributed by atoms with Gasteiger partial charge in [0, 0.05) is 12.8 Å². The van der Waals surface area contributed by atoms with E-state index in [9.17, 15) is 9.59 Å². The highest BCUT2D eigenvalue weighted by molar-refractivity contribution is 6.84. The lowest BCUT2D eigenvalue weighted by atomic mass is 9.81. The number of carbonyl (C=O) groups excluding carboxylic acids is 2. The smallest absolute Gasteiger partial charge is 0.325 e. The van der Waals surface area contributed by atoms with Gasteiger partial charge in [-0.3, -0.25) is 9.59 Å². The molecule has 0 heterocycles. The first-order valence-electron chi connectivity index (χ1n) is 8.55. The van der Waals surface area contributed by atoms with Gasteiger partial charge in [-0.25, -0.2) is 0 Å². The van der Waals surface area contributed by atoms with Crippen LogP contribution in [-0.2, 0) is 19.1 Å². The van der Waals surface area contributed by atoms with E-state index in [-0.39, 0.29) is 12.8 Å². The highest BCUT2D eigenvalue weighted by atomic mass is 28.3. The monoisotopic (exact) mass is 400 g/mol. The molecule has 0 aliphatic rings. The SMILES string of the molecule is COC(=O)C(CC#CC#C[Si](C)(C)C)(CC#CC#C[Si](C)(C)C)C(=O)OC. The summed E-state index contributed by atoms with van der Waals surface area (Å²) in [5.74, 6) is 15.2. The fourth-order valence-corrected chi connectivity index (χ4v) is 2.62. The molecule has 0 fully saturated rings. The fraction of sp³-hybridized carbons (Fsp3) is 0.524. The largest absolute Gasteiger partial charge is 0.468 e. The second-order valence-electron chi connectivity index (χ2n) is 8.02. The van der Waals surface area contributed by atoms with Crippen LogP contribution >= 0.6 is 0 Å². The van der Waals surface area contributed by atoms with Gasteiger partial charge in [-0.05, 0) is 23.7 Å². The van der Waals surface area contributed by atoms with Crippen molar-refractivity contribution in [2.24, 2.45) is 5.41 Å².